The van der Waals surface area contributed by atoms with E-state index in [4.69, 9.17) is 0 Å². The minimum absolute atomic E-state index is 0.150. The quantitative estimate of drug-likeness (QED) is 0.740. The largest absolute Gasteiger partial charge is 0.299 e. The molecule has 1 aromatic rings. The van der Waals surface area contributed by atoms with Gasteiger partial charge in [-0.15, -0.1) is 0 Å². The van der Waals surface area contributed by atoms with Crippen LogP contribution in [-0.2, 0) is 0 Å². The van der Waals surface area contributed by atoms with Crippen LogP contribution in [0.1, 0.15) is 37.1 Å². The maximum Gasteiger partial charge on any atom is 0.269 e. The zero-order valence-corrected chi connectivity index (χ0v) is 8.42. The van der Waals surface area contributed by atoms with E-state index in [0.29, 0.717) is 6.04 Å². The molecule has 2 rings (SSSR count). The van der Waals surface area contributed by atoms with Gasteiger partial charge in [0.2, 0.25) is 0 Å². The highest BCUT2D eigenvalue weighted by Gasteiger charge is 2.30. The SMILES string of the molecule is Cc1[nH]n(C(C)C2CC2)c(=O)c1C. The maximum atomic E-state index is 11.7. The fourth-order valence-electron chi connectivity index (χ4n) is 1.73. The van der Waals surface area contributed by atoms with Crippen molar-refractivity contribution in [1.82, 2.24) is 9.78 Å². The van der Waals surface area contributed by atoms with Crippen molar-refractivity contribution in [2.45, 2.75) is 39.7 Å². The molecule has 1 aliphatic carbocycles. The highest BCUT2D eigenvalue weighted by atomic mass is 16.1. The van der Waals surface area contributed by atoms with Gasteiger partial charge in [-0.3, -0.25) is 9.89 Å². The molecule has 1 N–H and O–H groups in total. The number of hydrogen-bond acceptors (Lipinski definition) is 1. The van der Waals surface area contributed by atoms with Gasteiger partial charge >= 0.3 is 0 Å². The molecule has 0 aromatic carbocycles. The van der Waals surface area contributed by atoms with Crippen molar-refractivity contribution in [3.63, 3.8) is 0 Å². The number of rotatable bonds is 2. The van der Waals surface area contributed by atoms with Gasteiger partial charge in [0.15, 0.2) is 0 Å². The number of nitrogens with zero attached hydrogens (tertiary/aromatic N) is 1. The Morgan fingerprint density at radius 1 is 1.46 bits per heavy atom. The molecular formula is C10H16N2O. The van der Waals surface area contributed by atoms with Crippen LogP contribution in [0.15, 0.2) is 4.79 Å². The summed E-state index contributed by atoms with van der Waals surface area (Å²) >= 11 is 0. The number of nitrogens with one attached hydrogen (secondary N) is 1. The lowest BCUT2D eigenvalue weighted by Crippen LogP contribution is -2.22. The zero-order chi connectivity index (χ0) is 9.59. The lowest BCUT2D eigenvalue weighted by atomic mass is 10.2. The second-order valence-electron chi connectivity index (χ2n) is 4.11. The van der Waals surface area contributed by atoms with Gasteiger partial charge in [-0.25, -0.2) is 4.68 Å². The second kappa shape index (κ2) is 2.76. The van der Waals surface area contributed by atoms with E-state index in [1.165, 1.54) is 12.8 Å². The standard InChI is InChI=1S/C10H16N2O/c1-6-7(2)11-12(10(6)13)8(3)9-4-5-9/h8-9,11H,4-5H2,1-3H3. The lowest BCUT2D eigenvalue weighted by molar-refractivity contribution is 0.427. The van der Waals surface area contributed by atoms with Gasteiger partial charge in [-0.1, -0.05) is 0 Å². The molecule has 0 radical (unpaired) electrons. The molecule has 13 heavy (non-hydrogen) atoms. The van der Waals surface area contributed by atoms with E-state index in [1.807, 2.05) is 13.8 Å². The summed E-state index contributed by atoms with van der Waals surface area (Å²) in [6.45, 7) is 5.95. The number of hydrogen-bond donors (Lipinski definition) is 1. The van der Waals surface area contributed by atoms with Crippen LogP contribution in [0.4, 0.5) is 0 Å². The zero-order valence-electron chi connectivity index (χ0n) is 8.42. The van der Waals surface area contributed by atoms with Crippen molar-refractivity contribution >= 4 is 0 Å². The van der Waals surface area contributed by atoms with Crippen LogP contribution in [0.3, 0.4) is 0 Å². The highest BCUT2D eigenvalue weighted by Crippen LogP contribution is 2.38. The Kier molecular flexibility index (Phi) is 1.82. The molecular weight excluding hydrogens is 164 g/mol. The Labute approximate surface area is 77.7 Å². The molecule has 1 atom stereocenters. The summed E-state index contributed by atoms with van der Waals surface area (Å²) in [5.74, 6) is 0.718. The Balaban J connectivity index is 2.39. The molecule has 0 spiro atoms. The predicted molar refractivity (Wildman–Crippen MR) is 52.0 cm³/mol. The molecule has 72 valence electrons. The van der Waals surface area contributed by atoms with E-state index < -0.39 is 0 Å². The average molecular weight is 180 g/mol. The summed E-state index contributed by atoms with van der Waals surface area (Å²) in [5, 5.41) is 3.14. The Hall–Kier alpha value is -0.990. The van der Waals surface area contributed by atoms with Gasteiger partial charge < -0.3 is 0 Å². The van der Waals surface area contributed by atoms with Crippen LogP contribution in [0.25, 0.3) is 0 Å². The third-order valence-electron chi connectivity index (χ3n) is 3.10. The first kappa shape index (κ1) is 8.60. The molecule has 1 aromatic heterocycles. The van der Waals surface area contributed by atoms with E-state index in [9.17, 15) is 4.79 Å². The first-order valence-electron chi connectivity index (χ1n) is 4.89. The van der Waals surface area contributed by atoms with Crippen LogP contribution >= 0.6 is 0 Å². The normalized spacial score (nSPS) is 19.0. The first-order valence-corrected chi connectivity index (χ1v) is 4.89. The summed E-state index contributed by atoms with van der Waals surface area (Å²) in [6, 6.07) is 0.347. The molecule has 1 saturated carbocycles. The predicted octanol–water partition coefficient (Wildman–Crippen LogP) is 1.76. The molecule has 0 saturated heterocycles. The van der Waals surface area contributed by atoms with Crippen molar-refractivity contribution in [1.29, 1.82) is 0 Å². The fourth-order valence-corrected chi connectivity index (χ4v) is 1.73. The second-order valence-corrected chi connectivity index (χ2v) is 4.11. The molecule has 0 bridgehead atoms. The highest BCUT2D eigenvalue weighted by molar-refractivity contribution is 5.13. The van der Waals surface area contributed by atoms with Gasteiger partial charge in [-0.05, 0) is 39.5 Å². The van der Waals surface area contributed by atoms with Crippen LogP contribution in [0.2, 0.25) is 0 Å². The topological polar surface area (TPSA) is 37.8 Å². The summed E-state index contributed by atoms with van der Waals surface area (Å²) in [4.78, 5) is 11.7. The van der Waals surface area contributed by atoms with Crippen molar-refractivity contribution in [2.75, 3.05) is 0 Å². The van der Waals surface area contributed by atoms with Crippen molar-refractivity contribution < 1.29 is 0 Å². The molecule has 0 aliphatic heterocycles. The lowest BCUT2D eigenvalue weighted by Gasteiger charge is -2.10. The Morgan fingerprint density at radius 3 is 2.46 bits per heavy atom. The van der Waals surface area contributed by atoms with Gasteiger partial charge in [0, 0.05) is 11.3 Å². The summed E-state index contributed by atoms with van der Waals surface area (Å²) in [7, 11) is 0. The van der Waals surface area contributed by atoms with Gasteiger partial charge in [0.05, 0.1) is 6.04 Å². The molecule has 1 aliphatic rings. The van der Waals surface area contributed by atoms with Crippen molar-refractivity contribution in [3.05, 3.63) is 21.6 Å². The van der Waals surface area contributed by atoms with Gasteiger partial charge in [0.1, 0.15) is 0 Å². The molecule has 3 nitrogen and oxygen atoms in total. The fraction of sp³-hybridized carbons (Fsp3) is 0.700. The number of H-pyrrole nitrogens is 1. The minimum Gasteiger partial charge on any atom is -0.299 e. The molecule has 0 amide bonds. The number of aromatic nitrogens is 2. The van der Waals surface area contributed by atoms with Crippen LogP contribution in [-0.4, -0.2) is 9.78 Å². The average Bonchev–Trinajstić information content (AvgIpc) is 2.89. The van der Waals surface area contributed by atoms with E-state index >= 15 is 0 Å². The number of aromatic amines is 1. The third-order valence-corrected chi connectivity index (χ3v) is 3.10. The summed E-state index contributed by atoms with van der Waals surface area (Å²) in [5.41, 5.74) is 2.00. The van der Waals surface area contributed by atoms with E-state index in [1.54, 1.807) is 4.68 Å². The molecule has 3 heteroatoms. The van der Waals surface area contributed by atoms with Crippen LogP contribution in [0.5, 0.6) is 0 Å². The summed E-state index contributed by atoms with van der Waals surface area (Å²) in [6.07, 6.45) is 2.54. The smallest absolute Gasteiger partial charge is 0.269 e. The van der Waals surface area contributed by atoms with Crippen LogP contribution < -0.4 is 5.56 Å². The van der Waals surface area contributed by atoms with Crippen molar-refractivity contribution in [2.24, 2.45) is 5.92 Å². The van der Waals surface area contributed by atoms with E-state index in [2.05, 4.69) is 12.0 Å². The first-order chi connectivity index (χ1) is 6.11. The Morgan fingerprint density at radius 2 is 2.08 bits per heavy atom. The maximum absolute atomic E-state index is 11.7. The molecule has 1 fully saturated rings. The molecule has 1 heterocycles. The number of aryl methyl sites for hydroxylation is 1. The monoisotopic (exact) mass is 180 g/mol. The van der Waals surface area contributed by atoms with E-state index in [-0.39, 0.29) is 5.56 Å². The van der Waals surface area contributed by atoms with Gasteiger partial charge in [-0.2, -0.15) is 0 Å². The van der Waals surface area contributed by atoms with Gasteiger partial charge in [0.25, 0.3) is 5.56 Å². The summed E-state index contributed by atoms with van der Waals surface area (Å²) < 4.78 is 1.78. The molecule has 1 unspecified atom stereocenters. The minimum atomic E-state index is 0.150. The Bertz CT molecular complexity index is 371. The van der Waals surface area contributed by atoms with Crippen LogP contribution in [0, 0.1) is 19.8 Å². The third kappa shape index (κ3) is 1.32. The van der Waals surface area contributed by atoms with Crippen molar-refractivity contribution in [3.8, 4) is 0 Å². The van der Waals surface area contributed by atoms with E-state index in [0.717, 1.165) is 17.2 Å².